The molecule has 0 aliphatic carbocycles. The van der Waals surface area contributed by atoms with Crippen LogP contribution in [0.2, 0.25) is 0 Å². The van der Waals surface area contributed by atoms with E-state index in [-0.39, 0.29) is 65.1 Å². The van der Waals surface area contributed by atoms with Crippen LogP contribution in [0.15, 0.2) is 30.5 Å². The van der Waals surface area contributed by atoms with Crippen molar-refractivity contribution in [3.8, 4) is 0 Å². The fourth-order valence-electron chi connectivity index (χ4n) is 1.60. The number of fused-ring (bicyclic) bond motifs is 1. The molecule has 0 saturated carbocycles. The average Bonchev–Trinajstić information content (AvgIpc) is 2.58. The van der Waals surface area contributed by atoms with Gasteiger partial charge in [0.25, 0.3) is 0 Å². The number of H-pyrrole nitrogens is 1. The molecule has 1 heterocycles. The molecule has 0 atom stereocenters. The third-order valence-electron chi connectivity index (χ3n) is 2.32. The molecule has 0 unspecified atom stereocenters. The van der Waals surface area contributed by atoms with E-state index in [4.69, 9.17) is 0 Å². The van der Waals surface area contributed by atoms with Gasteiger partial charge in [-0.05, 0) is 31.6 Å². The fourth-order valence-corrected chi connectivity index (χ4v) is 1.60. The molecule has 7 nitrogen and oxygen atoms in total. The summed E-state index contributed by atoms with van der Waals surface area (Å²) in [5.41, 5.74) is 2.62. The summed E-state index contributed by atoms with van der Waals surface area (Å²) in [4.78, 5) is 3.27. The Hall–Kier alpha value is -0.220. The Kier molecular flexibility index (Phi) is 26.1. The van der Waals surface area contributed by atoms with Crippen LogP contribution in [-0.2, 0) is 6.42 Å². The van der Waals surface area contributed by atoms with Crippen molar-refractivity contribution in [3.05, 3.63) is 36.0 Å². The van der Waals surface area contributed by atoms with Crippen LogP contribution in [0, 0.1) is 0 Å². The van der Waals surface area contributed by atoms with Crippen LogP contribution in [0.25, 0.3) is 10.9 Å². The maximum atomic E-state index is 3.27. The van der Waals surface area contributed by atoms with Crippen LogP contribution in [0.3, 0.4) is 0 Å². The molecule has 0 fully saturated rings. The minimum absolute atomic E-state index is 0. The van der Waals surface area contributed by atoms with Crippen molar-refractivity contribution in [2.24, 2.45) is 0 Å². The molecule has 0 aliphatic rings. The van der Waals surface area contributed by atoms with Gasteiger partial charge in [-0.1, -0.05) is 18.2 Å². The van der Waals surface area contributed by atoms with Crippen molar-refractivity contribution in [1.82, 2.24) is 10.3 Å². The second-order valence-electron chi connectivity index (χ2n) is 3.21. The van der Waals surface area contributed by atoms with Crippen LogP contribution in [-0.4, -0.2) is 83.7 Å². The molecular formula is C11H26CaN2O5. The maximum absolute atomic E-state index is 3.27. The average molecular weight is 306 g/mol. The van der Waals surface area contributed by atoms with Gasteiger partial charge in [0.05, 0.1) is 0 Å². The monoisotopic (exact) mass is 306 g/mol. The minimum atomic E-state index is 0. The summed E-state index contributed by atoms with van der Waals surface area (Å²) in [6.07, 6.45) is 3.18. The van der Waals surface area contributed by atoms with Crippen molar-refractivity contribution in [1.29, 1.82) is 0 Å². The van der Waals surface area contributed by atoms with E-state index in [2.05, 4.69) is 40.8 Å². The molecule has 12 N–H and O–H groups in total. The Morgan fingerprint density at radius 2 is 1.58 bits per heavy atom. The van der Waals surface area contributed by atoms with Gasteiger partial charge in [-0.25, -0.2) is 0 Å². The number of rotatable bonds is 3. The van der Waals surface area contributed by atoms with Crippen LogP contribution >= 0.6 is 0 Å². The molecule has 0 amide bonds. The predicted octanol–water partition coefficient (Wildman–Crippen LogP) is -3.11. The van der Waals surface area contributed by atoms with E-state index in [1.54, 1.807) is 0 Å². The van der Waals surface area contributed by atoms with Gasteiger partial charge in [0.2, 0.25) is 0 Å². The summed E-state index contributed by atoms with van der Waals surface area (Å²) in [6, 6.07) is 8.41. The summed E-state index contributed by atoms with van der Waals surface area (Å²) in [6.45, 7) is 1.03. The molecule has 1 aromatic carbocycles. The van der Waals surface area contributed by atoms with E-state index in [0.29, 0.717) is 0 Å². The van der Waals surface area contributed by atoms with E-state index in [9.17, 15) is 0 Å². The van der Waals surface area contributed by atoms with Crippen molar-refractivity contribution >= 4 is 48.6 Å². The third-order valence-corrected chi connectivity index (χ3v) is 2.32. The summed E-state index contributed by atoms with van der Waals surface area (Å²) < 4.78 is 0. The molecule has 112 valence electrons. The summed E-state index contributed by atoms with van der Waals surface area (Å²) in [7, 11) is 1.98. The molecule has 0 spiro atoms. The number of benzene rings is 1. The third kappa shape index (κ3) is 7.83. The van der Waals surface area contributed by atoms with Gasteiger partial charge in [-0.15, -0.1) is 0 Å². The van der Waals surface area contributed by atoms with E-state index in [1.165, 1.54) is 16.5 Å². The second kappa shape index (κ2) is 15.8. The van der Waals surface area contributed by atoms with Crippen LogP contribution in [0.5, 0.6) is 0 Å². The first-order chi connectivity index (χ1) is 6.42. The van der Waals surface area contributed by atoms with Crippen LogP contribution < -0.4 is 5.32 Å². The summed E-state index contributed by atoms with van der Waals surface area (Å²) in [5.74, 6) is 0. The van der Waals surface area contributed by atoms with Gasteiger partial charge in [0.1, 0.15) is 0 Å². The molecule has 0 radical (unpaired) electrons. The number of aromatic amines is 1. The number of likely N-dealkylation sites (N-methyl/N-ethyl adjacent to an activating group) is 1. The van der Waals surface area contributed by atoms with E-state index in [0.717, 1.165) is 13.0 Å². The Morgan fingerprint density at radius 3 is 2.16 bits per heavy atom. The first-order valence-corrected chi connectivity index (χ1v) is 4.61. The zero-order valence-electron chi connectivity index (χ0n) is 10.3. The quantitative estimate of drug-likeness (QED) is 0.559. The Morgan fingerprint density at radius 1 is 1.00 bits per heavy atom. The Bertz CT molecular complexity index is 411. The van der Waals surface area contributed by atoms with Gasteiger partial charge in [0.15, 0.2) is 0 Å². The fraction of sp³-hybridized carbons (Fsp3) is 0.273. The number of hydrogen-bond donors (Lipinski definition) is 2. The first kappa shape index (κ1) is 31.3. The van der Waals surface area contributed by atoms with Gasteiger partial charge < -0.3 is 37.7 Å². The van der Waals surface area contributed by atoms with Gasteiger partial charge >= 0.3 is 37.7 Å². The zero-order valence-corrected chi connectivity index (χ0v) is 10.3. The number of para-hydroxylation sites is 1. The van der Waals surface area contributed by atoms with Crippen molar-refractivity contribution in [3.63, 3.8) is 0 Å². The zero-order chi connectivity index (χ0) is 9.10. The predicted molar refractivity (Wildman–Crippen MR) is 82.5 cm³/mol. The van der Waals surface area contributed by atoms with Crippen molar-refractivity contribution < 1.29 is 27.4 Å². The van der Waals surface area contributed by atoms with Crippen molar-refractivity contribution in [2.45, 2.75) is 6.42 Å². The number of aromatic nitrogens is 1. The van der Waals surface area contributed by atoms with Gasteiger partial charge in [-0.3, -0.25) is 0 Å². The number of nitrogens with one attached hydrogen (secondary N) is 2. The molecule has 2 rings (SSSR count). The second-order valence-corrected chi connectivity index (χ2v) is 3.21. The molecular weight excluding hydrogens is 280 g/mol. The summed E-state index contributed by atoms with van der Waals surface area (Å²) >= 11 is 0. The van der Waals surface area contributed by atoms with Gasteiger partial charge in [0, 0.05) is 17.1 Å². The Balaban J connectivity index is -0.000000109. The molecule has 2 aromatic rings. The molecule has 19 heavy (non-hydrogen) atoms. The standard InChI is InChI=1S/C11H14N2.Ca.5H2O.2H/c1-12-7-6-9-8-13-11-5-3-2-4-10(9)11;;;;;;;;/h2-5,8,12-13H,6-7H2,1H3;;5*1H2;;. The van der Waals surface area contributed by atoms with Gasteiger partial charge in [-0.2, -0.15) is 0 Å². The van der Waals surface area contributed by atoms with E-state index in [1.807, 2.05) is 7.05 Å². The Labute approximate surface area is 141 Å². The molecule has 0 saturated heterocycles. The van der Waals surface area contributed by atoms with Crippen molar-refractivity contribution in [2.75, 3.05) is 13.6 Å². The molecule has 1 aromatic heterocycles. The van der Waals surface area contributed by atoms with E-state index < -0.39 is 0 Å². The van der Waals surface area contributed by atoms with Crippen LogP contribution in [0.4, 0.5) is 0 Å². The topological polar surface area (TPSA) is 185 Å². The van der Waals surface area contributed by atoms with Crippen LogP contribution in [0.1, 0.15) is 5.56 Å². The SMILES string of the molecule is CNCCc1c[nH]c2ccccc12.O.O.O.O.O.[CaH2]. The van der Waals surface area contributed by atoms with E-state index >= 15 is 0 Å². The number of hydrogen-bond acceptors (Lipinski definition) is 1. The molecule has 0 bridgehead atoms. The molecule has 0 aliphatic heterocycles. The summed E-state index contributed by atoms with van der Waals surface area (Å²) in [5, 5.41) is 4.50. The first-order valence-electron chi connectivity index (χ1n) is 4.61. The normalized spacial score (nSPS) is 7.42. The molecule has 8 heteroatoms.